The second-order valence-electron chi connectivity index (χ2n) is 4.01. The van der Waals surface area contributed by atoms with Crippen LogP contribution in [0.5, 0.6) is 5.75 Å². The zero-order valence-electron chi connectivity index (χ0n) is 9.77. The molecule has 0 amide bonds. The number of nitrogens with zero attached hydrogens (tertiary/aromatic N) is 2. The first-order valence-electron chi connectivity index (χ1n) is 5.73. The zero-order chi connectivity index (χ0) is 11.7. The molecule has 0 bridgehead atoms. The third-order valence-corrected chi connectivity index (χ3v) is 3.09. The van der Waals surface area contributed by atoms with Gasteiger partial charge in [-0.25, -0.2) is 4.98 Å². The number of hydrogen-bond donors (Lipinski definition) is 1. The fourth-order valence-electron chi connectivity index (χ4n) is 2.22. The van der Waals surface area contributed by atoms with Gasteiger partial charge in [-0.3, -0.25) is 0 Å². The number of nitrogens with one attached hydrogen (secondary N) is 1. The Kier molecular flexibility index (Phi) is 2.60. The second-order valence-corrected chi connectivity index (χ2v) is 4.01. The van der Waals surface area contributed by atoms with Crippen LogP contribution in [-0.2, 0) is 4.74 Å². The topological polar surface area (TPSA) is 50.4 Å². The number of anilines is 1. The van der Waals surface area contributed by atoms with Crippen LogP contribution in [-0.4, -0.2) is 43.4 Å². The van der Waals surface area contributed by atoms with E-state index in [1.165, 1.54) is 0 Å². The number of aromatic amines is 1. The molecular formula is C12H15N3O2. The van der Waals surface area contributed by atoms with Crippen molar-refractivity contribution in [2.24, 2.45) is 0 Å². The Bertz CT molecular complexity index is 517. The van der Waals surface area contributed by atoms with Crippen molar-refractivity contribution in [2.75, 3.05) is 38.3 Å². The third kappa shape index (κ3) is 1.72. The van der Waals surface area contributed by atoms with Gasteiger partial charge in [0.15, 0.2) is 0 Å². The van der Waals surface area contributed by atoms with Gasteiger partial charge in [0.25, 0.3) is 0 Å². The predicted molar refractivity (Wildman–Crippen MR) is 65.7 cm³/mol. The molecule has 0 unspecified atom stereocenters. The molecule has 1 fully saturated rings. The Morgan fingerprint density at radius 2 is 2.18 bits per heavy atom. The lowest BCUT2D eigenvalue weighted by Gasteiger charge is -2.29. The van der Waals surface area contributed by atoms with Crippen LogP contribution < -0.4 is 9.64 Å². The number of ether oxygens (including phenoxy) is 2. The van der Waals surface area contributed by atoms with Crippen LogP contribution >= 0.6 is 0 Å². The van der Waals surface area contributed by atoms with Crippen LogP contribution in [0.3, 0.4) is 0 Å². The number of morpholine rings is 1. The summed E-state index contributed by atoms with van der Waals surface area (Å²) in [4.78, 5) is 9.81. The molecule has 1 aromatic heterocycles. The lowest BCUT2D eigenvalue weighted by atomic mass is 10.2. The minimum Gasteiger partial charge on any atom is -0.494 e. The van der Waals surface area contributed by atoms with E-state index in [0.29, 0.717) is 0 Å². The van der Waals surface area contributed by atoms with Crippen LogP contribution in [0.1, 0.15) is 0 Å². The highest BCUT2D eigenvalue weighted by atomic mass is 16.5. The molecule has 0 spiro atoms. The fraction of sp³-hybridized carbons (Fsp3) is 0.417. The summed E-state index contributed by atoms with van der Waals surface area (Å²) in [5.41, 5.74) is 3.06. The van der Waals surface area contributed by atoms with E-state index in [4.69, 9.17) is 9.47 Å². The predicted octanol–water partition coefficient (Wildman–Crippen LogP) is 1.41. The zero-order valence-corrected chi connectivity index (χ0v) is 9.77. The molecule has 17 heavy (non-hydrogen) atoms. The SMILES string of the molecule is COc1ccc(N2CCOCC2)c2nc[nH]c12. The summed E-state index contributed by atoms with van der Waals surface area (Å²) in [6.07, 6.45) is 1.71. The fourth-order valence-corrected chi connectivity index (χ4v) is 2.22. The molecule has 0 atom stereocenters. The summed E-state index contributed by atoms with van der Waals surface area (Å²) < 4.78 is 10.7. The molecule has 90 valence electrons. The van der Waals surface area contributed by atoms with Gasteiger partial charge >= 0.3 is 0 Å². The van der Waals surface area contributed by atoms with Crippen LogP contribution in [0.2, 0.25) is 0 Å². The molecule has 5 heteroatoms. The lowest BCUT2D eigenvalue weighted by Crippen LogP contribution is -2.36. The number of benzene rings is 1. The van der Waals surface area contributed by atoms with Gasteiger partial charge in [-0.15, -0.1) is 0 Å². The van der Waals surface area contributed by atoms with E-state index in [1.54, 1.807) is 13.4 Å². The smallest absolute Gasteiger partial charge is 0.144 e. The number of H-pyrrole nitrogens is 1. The Hall–Kier alpha value is -1.75. The molecule has 2 heterocycles. The van der Waals surface area contributed by atoms with Gasteiger partial charge < -0.3 is 19.4 Å². The standard InChI is InChI=1S/C12H15N3O2/c1-16-10-3-2-9(11-12(10)14-8-13-11)15-4-6-17-7-5-15/h2-3,8H,4-7H2,1H3,(H,13,14). The Labute approximate surface area is 99.3 Å². The molecular weight excluding hydrogens is 218 g/mol. The summed E-state index contributed by atoms with van der Waals surface area (Å²) in [7, 11) is 1.67. The monoisotopic (exact) mass is 233 g/mol. The summed E-state index contributed by atoms with van der Waals surface area (Å²) in [5, 5.41) is 0. The average molecular weight is 233 g/mol. The van der Waals surface area contributed by atoms with Crippen molar-refractivity contribution in [3.8, 4) is 5.75 Å². The third-order valence-electron chi connectivity index (χ3n) is 3.09. The number of rotatable bonds is 2. The van der Waals surface area contributed by atoms with Crippen LogP contribution in [0.25, 0.3) is 11.0 Å². The van der Waals surface area contributed by atoms with Crippen molar-refractivity contribution in [2.45, 2.75) is 0 Å². The maximum Gasteiger partial charge on any atom is 0.144 e. The van der Waals surface area contributed by atoms with Gasteiger partial charge in [-0.1, -0.05) is 0 Å². The molecule has 1 saturated heterocycles. The van der Waals surface area contributed by atoms with E-state index in [-0.39, 0.29) is 0 Å². The molecule has 1 aliphatic heterocycles. The number of imidazole rings is 1. The highest BCUT2D eigenvalue weighted by molar-refractivity contribution is 5.92. The van der Waals surface area contributed by atoms with Gasteiger partial charge in [-0.2, -0.15) is 0 Å². The molecule has 1 aliphatic rings. The molecule has 1 aromatic carbocycles. The van der Waals surface area contributed by atoms with Crippen molar-refractivity contribution in [1.82, 2.24) is 9.97 Å². The number of methoxy groups -OCH3 is 1. The normalized spacial score (nSPS) is 16.4. The van der Waals surface area contributed by atoms with Gasteiger partial charge in [0.2, 0.25) is 0 Å². The van der Waals surface area contributed by atoms with Crippen LogP contribution in [0, 0.1) is 0 Å². The minimum absolute atomic E-state index is 0.776. The van der Waals surface area contributed by atoms with Crippen LogP contribution in [0.15, 0.2) is 18.5 Å². The first-order chi connectivity index (χ1) is 8.40. The number of hydrogen-bond acceptors (Lipinski definition) is 4. The molecule has 1 N–H and O–H groups in total. The van der Waals surface area contributed by atoms with E-state index in [1.807, 2.05) is 6.07 Å². The van der Waals surface area contributed by atoms with E-state index in [0.717, 1.165) is 48.8 Å². The quantitative estimate of drug-likeness (QED) is 0.852. The van der Waals surface area contributed by atoms with Crippen molar-refractivity contribution in [3.63, 3.8) is 0 Å². The molecule has 0 radical (unpaired) electrons. The summed E-state index contributed by atoms with van der Waals surface area (Å²) in [5.74, 6) is 0.828. The van der Waals surface area contributed by atoms with Crippen molar-refractivity contribution in [3.05, 3.63) is 18.5 Å². The minimum atomic E-state index is 0.776. The average Bonchev–Trinajstić information content (AvgIpc) is 2.88. The van der Waals surface area contributed by atoms with E-state index in [2.05, 4.69) is 20.9 Å². The van der Waals surface area contributed by atoms with Crippen molar-refractivity contribution in [1.29, 1.82) is 0 Å². The Morgan fingerprint density at radius 3 is 2.94 bits per heavy atom. The highest BCUT2D eigenvalue weighted by Crippen LogP contribution is 2.31. The first kappa shape index (κ1) is 10.4. The second kappa shape index (κ2) is 4.25. The molecule has 3 rings (SSSR count). The van der Waals surface area contributed by atoms with E-state index >= 15 is 0 Å². The Balaban J connectivity index is 2.07. The Morgan fingerprint density at radius 1 is 1.35 bits per heavy atom. The lowest BCUT2D eigenvalue weighted by molar-refractivity contribution is 0.123. The first-order valence-corrected chi connectivity index (χ1v) is 5.73. The van der Waals surface area contributed by atoms with Crippen molar-refractivity contribution < 1.29 is 9.47 Å². The van der Waals surface area contributed by atoms with Crippen LogP contribution in [0.4, 0.5) is 5.69 Å². The largest absolute Gasteiger partial charge is 0.494 e. The van der Waals surface area contributed by atoms with Gasteiger partial charge in [0.05, 0.1) is 32.3 Å². The maximum atomic E-state index is 5.37. The molecule has 2 aromatic rings. The summed E-state index contributed by atoms with van der Waals surface area (Å²) in [6.45, 7) is 3.37. The number of fused-ring (bicyclic) bond motifs is 1. The summed E-state index contributed by atoms with van der Waals surface area (Å²) in [6, 6.07) is 4.04. The molecule has 0 aliphatic carbocycles. The van der Waals surface area contributed by atoms with E-state index in [9.17, 15) is 0 Å². The van der Waals surface area contributed by atoms with Crippen molar-refractivity contribution >= 4 is 16.7 Å². The molecule has 5 nitrogen and oxygen atoms in total. The highest BCUT2D eigenvalue weighted by Gasteiger charge is 2.16. The van der Waals surface area contributed by atoms with E-state index < -0.39 is 0 Å². The van der Waals surface area contributed by atoms with Gasteiger partial charge in [0, 0.05) is 13.1 Å². The van der Waals surface area contributed by atoms with Gasteiger partial charge in [-0.05, 0) is 12.1 Å². The van der Waals surface area contributed by atoms with Gasteiger partial charge in [0.1, 0.15) is 16.8 Å². The maximum absolute atomic E-state index is 5.37. The number of aromatic nitrogens is 2. The molecule has 0 saturated carbocycles. The summed E-state index contributed by atoms with van der Waals surface area (Å²) >= 11 is 0.